The molecule has 0 unspecified atom stereocenters. The standard InChI is InChI=1S/C22H34O6/c23-20(26-16-10-4-1-5-11-16)19(21(24)27-17-12-6-2-7-13-17)22(25)28-18-14-8-3-9-15-18/h16-19H,1-15H2. The topological polar surface area (TPSA) is 78.9 Å². The lowest BCUT2D eigenvalue weighted by molar-refractivity contribution is -0.180. The molecule has 0 heterocycles. The van der Waals surface area contributed by atoms with E-state index in [9.17, 15) is 14.4 Å². The highest BCUT2D eigenvalue weighted by molar-refractivity contribution is 6.12. The molecule has 0 bridgehead atoms. The van der Waals surface area contributed by atoms with Crippen LogP contribution in [-0.2, 0) is 28.6 Å². The maximum Gasteiger partial charge on any atom is 0.332 e. The summed E-state index contributed by atoms with van der Waals surface area (Å²) in [6.07, 6.45) is 13.5. The summed E-state index contributed by atoms with van der Waals surface area (Å²) in [5.41, 5.74) is 0. The van der Waals surface area contributed by atoms with Crippen LogP contribution < -0.4 is 0 Å². The van der Waals surface area contributed by atoms with Crippen molar-refractivity contribution >= 4 is 17.9 Å². The summed E-state index contributed by atoms with van der Waals surface area (Å²) in [5.74, 6) is -4.00. The summed E-state index contributed by atoms with van der Waals surface area (Å²) < 4.78 is 16.6. The predicted octanol–water partition coefficient (Wildman–Crippen LogP) is 4.23. The van der Waals surface area contributed by atoms with Crippen molar-refractivity contribution in [3.8, 4) is 0 Å². The zero-order valence-corrected chi connectivity index (χ0v) is 16.9. The van der Waals surface area contributed by atoms with Gasteiger partial charge in [-0.1, -0.05) is 19.3 Å². The largest absolute Gasteiger partial charge is 0.461 e. The first-order valence-corrected chi connectivity index (χ1v) is 11.2. The third kappa shape index (κ3) is 6.21. The van der Waals surface area contributed by atoms with E-state index >= 15 is 0 Å². The van der Waals surface area contributed by atoms with E-state index in [0.717, 1.165) is 96.3 Å². The van der Waals surface area contributed by atoms with Crippen LogP contribution in [0.4, 0.5) is 0 Å². The Balaban J connectivity index is 1.63. The molecule has 3 aliphatic rings. The van der Waals surface area contributed by atoms with Crippen molar-refractivity contribution in [2.45, 2.75) is 115 Å². The van der Waals surface area contributed by atoms with Gasteiger partial charge < -0.3 is 14.2 Å². The second-order valence-corrected chi connectivity index (χ2v) is 8.52. The second-order valence-electron chi connectivity index (χ2n) is 8.52. The molecule has 0 saturated heterocycles. The van der Waals surface area contributed by atoms with Gasteiger partial charge >= 0.3 is 17.9 Å². The molecule has 0 N–H and O–H groups in total. The molecule has 0 aromatic carbocycles. The Morgan fingerprint density at radius 1 is 0.464 bits per heavy atom. The summed E-state index contributed by atoms with van der Waals surface area (Å²) in [6.45, 7) is 0. The zero-order chi connectivity index (χ0) is 19.8. The highest BCUT2D eigenvalue weighted by Crippen LogP contribution is 2.26. The minimum absolute atomic E-state index is 0.214. The van der Waals surface area contributed by atoms with Gasteiger partial charge in [0.1, 0.15) is 18.3 Å². The average Bonchev–Trinajstić information content (AvgIpc) is 2.70. The van der Waals surface area contributed by atoms with Crippen LogP contribution in [-0.4, -0.2) is 36.2 Å². The number of carbonyl (C=O) groups excluding carboxylic acids is 3. The maximum absolute atomic E-state index is 12.8. The number of carbonyl (C=O) groups is 3. The molecule has 0 aliphatic heterocycles. The van der Waals surface area contributed by atoms with Crippen LogP contribution in [0.15, 0.2) is 0 Å². The van der Waals surface area contributed by atoms with Gasteiger partial charge in [0.05, 0.1) is 0 Å². The molecular weight excluding hydrogens is 360 g/mol. The lowest BCUT2D eigenvalue weighted by Gasteiger charge is -2.27. The summed E-state index contributed by atoms with van der Waals surface area (Å²) in [5, 5.41) is 0. The monoisotopic (exact) mass is 394 g/mol. The normalized spacial score (nSPS) is 22.6. The summed E-state index contributed by atoms with van der Waals surface area (Å²) in [4.78, 5) is 38.3. The molecule has 6 heteroatoms. The molecule has 0 aromatic rings. The van der Waals surface area contributed by atoms with Gasteiger partial charge in [0.25, 0.3) is 5.92 Å². The molecule has 0 radical (unpaired) electrons. The molecule has 3 aliphatic carbocycles. The number of ether oxygens (including phenoxy) is 3. The molecule has 0 atom stereocenters. The van der Waals surface area contributed by atoms with Crippen LogP contribution in [0.3, 0.4) is 0 Å². The van der Waals surface area contributed by atoms with Gasteiger partial charge in [0, 0.05) is 0 Å². The van der Waals surface area contributed by atoms with Crippen molar-refractivity contribution in [1.29, 1.82) is 0 Å². The molecular formula is C22H34O6. The van der Waals surface area contributed by atoms with E-state index in [2.05, 4.69) is 0 Å². The van der Waals surface area contributed by atoms with Gasteiger partial charge in [-0.2, -0.15) is 0 Å². The molecule has 0 spiro atoms. The molecule has 158 valence electrons. The fourth-order valence-electron chi connectivity index (χ4n) is 4.53. The van der Waals surface area contributed by atoms with Crippen LogP contribution >= 0.6 is 0 Å². The SMILES string of the molecule is O=C(OC1CCCCC1)C(C(=O)OC1CCCCC1)C(=O)OC1CCCCC1. The first kappa shape index (κ1) is 21.1. The summed E-state index contributed by atoms with van der Waals surface area (Å²) in [7, 11) is 0. The smallest absolute Gasteiger partial charge is 0.332 e. The van der Waals surface area contributed by atoms with E-state index in [1.54, 1.807) is 0 Å². The maximum atomic E-state index is 12.8. The fraction of sp³-hybridized carbons (Fsp3) is 0.864. The van der Waals surface area contributed by atoms with Gasteiger partial charge in [-0.3, -0.25) is 14.4 Å². The first-order valence-electron chi connectivity index (χ1n) is 11.2. The van der Waals surface area contributed by atoms with Gasteiger partial charge in [-0.25, -0.2) is 0 Å². The van der Waals surface area contributed by atoms with E-state index in [0.29, 0.717) is 0 Å². The predicted molar refractivity (Wildman–Crippen MR) is 102 cm³/mol. The Hall–Kier alpha value is -1.59. The zero-order valence-electron chi connectivity index (χ0n) is 16.9. The Labute approximate surface area is 167 Å². The molecule has 0 amide bonds. The highest BCUT2D eigenvalue weighted by atomic mass is 16.6. The number of rotatable bonds is 6. The van der Waals surface area contributed by atoms with E-state index in [1.165, 1.54) is 0 Å². The Morgan fingerprint density at radius 2 is 0.714 bits per heavy atom. The van der Waals surface area contributed by atoms with Crippen LogP contribution in [0.25, 0.3) is 0 Å². The Kier molecular flexibility index (Phi) is 8.16. The molecule has 28 heavy (non-hydrogen) atoms. The van der Waals surface area contributed by atoms with E-state index in [-0.39, 0.29) is 18.3 Å². The van der Waals surface area contributed by atoms with Gasteiger partial charge in [0.15, 0.2) is 0 Å². The summed E-state index contributed by atoms with van der Waals surface area (Å²) >= 11 is 0. The van der Waals surface area contributed by atoms with E-state index < -0.39 is 23.8 Å². The van der Waals surface area contributed by atoms with E-state index in [1.807, 2.05) is 0 Å². The van der Waals surface area contributed by atoms with Crippen molar-refractivity contribution in [2.75, 3.05) is 0 Å². The molecule has 0 aromatic heterocycles. The van der Waals surface area contributed by atoms with Crippen LogP contribution in [0.2, 0.25) is 0 Å². The molecule has 6 nitrogen and oxygen atoms in total. The van der Waals surface area contributed by atoms with Crippen LogP contribution in [0, 0.1) is 5.92 Å². The van der Waals surface area contributed by atoms with Gasteiger partial charge in [-0.05, 0) is 77.0 Å². The Bertz CT molecular complexity index is 451. The van der Waals surface area contributed by atoms with E-state index in [4.69, 9.17) is 14.2 Å². The molecule has 3 saturated carbocycles. The average molecular weight is 395 g/mol. The van der Waals surface area contributed by atoms with Gasteiger partial charge in [-0.15, -0.1) is 0 Å². The quantitative estimate of drug-likeness (QED) is 0.381. The van der Waals surface area contributed by atoms with Crippen molar-refractivity contribution < 1.29 is 28.6 Å². The highest BCUT2D eigenvalue weighted by Gasteiger charge is 2.42. The third-order valence-corrected chi connectivity index (χ3v) is 6.21. The van der Waals surface area contributed by atoms with Crippen LogP contribution in [0.1, 0.15) is 96.3 Å². The van der Waals surface area contributed by atoms with Crippen molar-refractivity contribution in [2.24, 2.45) is 5.92 Å². The van der Waals surface area contributed by atoms with Gasteiger partial charge in [0.2, 0.25) is 0 Å². The fourth-order valence-corrected chi connectivity index (χ4v) is 4.53. The van der Waals surface area contributed by atoms with Crippen molar-refractivity contribution in [3.63, 3.8) is 0 Å². The second kappa shape index (κ2) is 10.8. The number of hydrogen-bond acceptors (Lipinski definition) is 6. The van der Waals surface area contributed by atoms with Crippen molar-refractivity contribution in [3.05, 3.63) is 0 Å². The lowest BCUT2D eigenvalue weighted by atomic mass is 9.97. The number of hydrogen-bond donors (Lipinski definition) is 0. The third-order valence-electron chi connectivity index (χ3n) is 6.21. The van der Waals surface area contributed by atoms with Crippen LogP contribution in [0.5, 0.6) is 0 Å². The van der Waals surface area contributed by atoms with Crippen molar-refractivity contribution in [1.82, 2.24) is 0 Å². The summed E-state index contributed by atoms with van der Waals surface area (Å²) in [6, 6.07) is 0. The lowest BCUT2D eigenvalue weighted by Crippen LogP contribution is -2.41. The number of esters is 3. The minimum atomic E-state index is -1.61. The minimum Gasteiger partial charge on any atom is -0.461 e. The first-order chi connectivity index (χ1) is 13.6. The molecule has 3 rings (SSSR count). The Morgan fingerprint density at radius 3 is 0.964 bits per heavy atom. The molecule has 3 fully saturated rings.